The van der Waals surface area contributed by atoms with Crippen molar-refractivity contribution in [2.75, 3.05) is 0 Å². The molecule has 2 aromatic carbocycles. The lowest BCUT2D eigenvalue weighted by Crippen LogP contribution is -2.16. The van der Waals surface area contributed by atoms with E-state index in [4.69, 9.17) is 0 Å². The van der Waals surface area contributed by atoms with Gasteiger partial charge in [-0.2, -0.15) is 0 Å². The highest BCUT2D eigenvalue weighted by Gasteiger charge is 2.27. The molecule has 0 bridgehead atoms. The third-order valence-corrected chi connectivity index (χ3v) is 5.44. The van der Waals surface area contributed by atoms with Gasteiger partial charge in [0.2, 0.25) is 0 Å². The highest BCUT2D eigenvalue weighted by atomic mass is 19.1. The lowest BCUT2D eigenvalue weighted by atomic mass is 9.74. The SMILES string of the molecule is CCCC1CCC(c2c(C(=O)O)cccc2-c2ccc(F)cc2)CC1. The van der Waals surface area contributed by atoms with Gasteiger partial charge < -0.3 is 5.11 Å². The Bertz CT molecular complexity index is 728. The quantitative estimate of drug-likeness (QED) is 0.697. The van der Waals surface area contributed by atoms with E-state index in [9.17, 15) is 14.3 Å². The van der Waals surface area contributed by atoms with Gasteiger partial charge in [0.15, 0.2) is 0 Å². The minimum absolute atomic E-state index is 0.264. The standard InChI is InChI=1S/C22H25FO2/c1-2-4-15-7-9-17(10-8-15)21-19(5-3-6-20(21)22(24)25)16-11-13-18(23)14-12-16/h3,5-6,11-15,17H,2,4,7-10H2,1H3,(H,24,25). The van der Waals surface area contributed by atoms with Gasteiger partial charge in [-0.05, 0) is 72.4 Å². The van der Waals surface area contributed by atoms with E-state index in [1.165, 1.54) is 25.0 Å². The molecule has 132 valence electrons. The number of hydrogen-bond donors (Lipinski definition) is 1. The van der Waals surface area contributed by atoms with Crippen molar-refractivity contribution in [3.05, 3.63) is 59.4 Å². The van der Waals surface area contributed by atoms with E-state index in [1.807, 2.05) is 6.07 Å². The average molecular weight is 340 g/mol. The van der Waals surface area contributed by atoms with Crippen LogP contribution in [0.1, 0.15) is 67.3 Å². The second kappa shape index (κ2) is 7.81. The summed E-state index contributed by atoms with van der Waals surface area (Å²) < 4.78 is 13.3. The topological polar surface area (TPSA) is 37.3 Å². The molecule has 0 spiro atoms. The number of carboxylic acid groups (broad SMARTS) is 1. The summed E-state index contributed by atoms with van der Waals surface area (Å²) in [6, 6.07) is 11.8. The second-order valence-electron chi connectivity index (χ2n) is 7.09. The fourth-order valence-corrected chi connectivity index (χ4v) is 4.22. The molecule has 3 rings (SSSR count). The van der Waals surface area contributed by atoms with E-state index in [0.29, 0.717) is 5.56 Å². The Hall–Kier alpha value is -2.16. The van der Waals surface area contributed by atoms with Gasteiger partial charge in [-0.15, -0.1) is 0 Å². The Balaban J connectivity index is 1.98. The number of rotatable bonds is 5. The largest absolute Gasteiger partial charge is 0.478 e. The highest BCUT2D eigenvalue weighted by molar-refractivity contribution is 5.92. The zero-order chi connectivity index (χ0) is 17.8. The van der Waals surface area contributed by atoms with Crippen LogP contribution >= 0.6 is 0 Å². The van der Waals surface area contributed by atoms with Gasteiger partial charge in [-0.25, -0.2) is 9.18 Å². The van der Waals surface area contributed by atoms with Crippen molar-refractivity contribution in [1.29, 1.82) is 0 Å². The fourth-order valence-electron chi connectivity index (χ4n) is 4.22. The van der Waals surface area contributed by atoms with Crippen LogP contribution < -0.4 is 0 Å². The summed E-state index contributed by atoms with van der Waals surface area (Å²) in [7, 11) is 0. The molecule has 1 aliphatic rings. The molecular weight excluding hydrogens is 315 g/mol. The number of benzene rings is 2. The van der Waals surface area contributed by atoms with Crippen molar-refractivity contribution in [3.8, 4) is 11.1 Å². The van der Waals surface area contributed by atoms with Crippen molar-refractivity contribution in [2.24, 2.45) is 5.92 Å². The van der Waals surface area contributed by atoms with Crippen LogP contribution in [-0.2, 0) is 0 Å². The number of aromatic carboxylic acids is 1. The van der Waals surface area contributed by atoms with Crippen LogP contribution in [0.2, 0.25) is 0 Å². The predicted molar refractivity (Wildman–Crippen MR) is 98.4 cm³/mol. The van der Waals surface area contributed by atoms with Crippen molar-refractivity contribution in [1.82, 2.24) is 0 Å². The average Bonchev–Trinajstić information content (AvgIpc) is 2.63. The van der Waals surface area contributed by atoms with E-state index < -0.39 is 5.97 Å². The molecule has 0 atom stereocenters. The number of hydrogen-bond acceptors (Lipinski definition) is 1. The maximum atomic E-state index is 13.3. The van der Waals surface area contributed by atoms with Gasteiger partial charge in [0, 0.05) is 0 Å². The van der Waals surface area contributed by atoms with Gasteiger partial charge >= 0.3 is 5.97 Å². The molecule has 0 aromatic heterocycles. The summed E-state index contributed by atoms with van der Waals surface area (Å²) >= 11 is 0. The first kappa shape index (κ1) is 17.7. The minimum Gasteiger partial charge on any atom is -0.478 e. The molecule has 0 amide bonds. The van der Waals surface area contributed by atoms with E-state index >= 15 is 0 Å². The van der Waals surface area contributed by atoms with Gasteiger partial charge in [0.1, 0.15) is 5.82 Å². The van der Waals surface area contributed by atoms with Gasteiger partial charge in [0.25, 0.3) is 0 Å². The lowest BCUT2D eigenvalue weighted by Gasteiger charge is -2.31. The fraction of sp³-hybridized carbons (Fsp3) is 0.409. The monoisotopic (exact) mass is 340 g/mol. The van der Waals surface area contributed by atoms with E-state index in [1.54, 1.807) is 24.3 Å². The van der Waals surface area contributed by atoms with Crippen LogP contribution in [-0.4, -0.2) is 11.1 Å². The van der Waals surface area contributed by atoms with Crippen LogP contribution in [0.15, 0.2) is 42.5 Å². The maximum absolute atomic E-state index is 13.3. The van der Waals surface area contributed by atoms with Crippen LogP contribution in [0.3, 0.4) is 0 Å². The van der Waals surface area contributed by atoms with Crippen LogP contribution in [0.5, 0.6) is 0 Å². The Labute approximate surface area is 148 Å². The molecule has 2 aromatic rings. The van der Waals surface area contributed by atoms with E-state index in [-0.39, 0.29) is 11.7 Å². The number of carbonyl (C=O) groups is 1. The van der Waals surface area contributed by atoms with Crippen LogP contribution in [0, 0.1) is 11.7 Å². The zero-order valence-corrected chi connectivity index (χ0v) is 14.7. The van der Waals surface area contributed by atoms with E-state index in [0.717, 1.165) is 48.3 Å². The summed E-state index contributed by atoms with van der Waals surface area (Å²) in [6.45, 7) is 2.22. The van der Waals surface area contributed by atoms with Crippen molar-refractivity contribution in [3.63, 3.8) is 0 Å². The molecule has 1 aliphatic carbocycles. The van der Waals surface area contributed by atoms with Crippen molar-refractivity contribution >= 4 is 5.97 Å². The lowest BCUT2D eigenvalue weighted by molar-refractivity contribution is 0.0694. The van der Waals surface area contributed by atoms with E-state index in [2.05, 4.69) is 6.92 Å². The predicted octanol–water partition coefficient (Wildman–Crippen LogP) is 6.26. The molecule has 0 unspecified atom stereocenters. The third-order valence-electron chi connectivity index (χ3n) is 5.44. The molecule has 3 heteroatoms. The summed E-state index contributed by atoms with van der Waals surface area (Å²) in [6.07, 6.45) is 6.86. The molecule has 1 saturated carbocycles. The Morgan fingerprint density at radius 1 is 1.08 bits per heavy atom. The molecule has 25 heavy (non-hydrogen) atoms. The summed E-state index contributed by atoms with van der Waals surface area (Å²) in [5.74, 6) is -0.123. The second-order valence-corrected chi connectivity index (χ2v) is 7.09. The van der Waals surface area contributed by atoms with Gasteiger partial charge in [-0.1, -0.05) is 44.0 Å². The molecule has 0 saturated heterocycles. The number of halogens is 1. The first-order chi connectivity index (χ1) is 12.1. The molecule has 0 heterocycles. The Kier molecular flexibility index (Phi) is 5.52. The molecule has 0 radical (unpaired) electrons. The van der Waals surface area contributed by atoms with Gasteiger partial charge in [-0.3, -0.25) is 0 Å². The zero-order valence-electron chi connectivity index (χ0n) is 14.7. The molecule has 2 nitrogen and oxygen atoms in total. The summed E-state index contributed by atoms with van der Waals surface area (Å²) in [5.41, 5.74) is 3.13. The smallest absolute Gasteiger partial charge is 0.335 e. The Morgan fingerprint density at radius 2 is 1.76 bits per heavy atom. The maximum Gasteiger partial charge on any atom is 0.335 e. The minimum atomic E-state index is -0.880. The van der Waals surface area contributed by atoms with Crippen LogP contribution in [0.25, 0.3) is 11.1 Å². The van der Waals surface area contributed by atoms with Crippen LogP contribution in [0.4, 0.5) is 4.39 Å². The molecule has 0 aliphatic heterocycles. The molecule has 1 fully saturated rings. The summed E-state index contributed by atoms with van der Waals surface area (Å²) in [4.78, 5) is 11.8. The molecule has 1 N–H and O–H groups in total. The first-order valence-corrected chi connectivity index (χ1v) is 9.22. The van der Waals surface area contributed by atoms with Crippen molar-refractivity contribution < 1.29 is 14.3 Å². The number of carboxylic acids is 1. The van der Waals surface area contributed by atoms with Gasteiger partial charge in [0.05, 0.1) is 5.56 Å². The molecular formula is C22H25FO2. The first-order valence-electron chi connectivity index (χ1n) is 9.22. The van der Waals surface area contributed by atoms with Crippen molar-refractivity contribution in [2.45, 2.75) is 51.4 Å². The highest BCUT2D eigenvalue weighted by Crippen LogP contribution is 2.42. The summed E-state index contributed by atoms with van der Waals surface area (Å²) in [5, 5.41) is 9.69. The third kappa shape index (κ3) is 3.92. The Morgan fingerprint density at radius 3 is 2.36 bits per heavy atom. The normalized spacial score (nSPS) is 20.4.